The minimum atomic E-state index is 0.0609. The summed E-state index contributed by atoms with van der Waals surface area (Å²) in [5.41, 5.74) is 0. The van der Waals surface area contributed by atoms with E-state index < -0.39 is 0 Å². The van der Waals surface area contributed by atoms with E-state index in [1.165, 1.54) is 92.6 Å². The number of nitrogens with zero attached hydrogens (tertiary/aromatic N) is 2. The van der Waals surface area contributed by atoms with Crippen molar-refractivity contribution in [3.05, 3.63) is 43.0 Å². The van der Waals surface area contributed by atoms with Crippen LogP contribution >= 0.6 is 48.0 Å². The van der Waals surface area contributed by atoms with Gasteiger partial charge in [-0.05, 0) is 0 Å². The first-order valence-corrected chi connectivity index (χ1v) is 21.0. The van der Waals surface area contributed by atoms with Crippen LogP contribution in [0.3, 0.4) is 0 Å². The maximum atomic E-state index is 13.0. The Kier molecular flexibility index (Phi) is 14.4. The van der Waals surface area contributed by atoms with Crippen molar-refractivity contribution in [2.45, 2.75) is 90.9 Å². The number of hydrogen-bond donors (Lipinski definition) is 0. The van der Waals surface area contributed by atoms with Crippen LogP contribution in [-0.2, 0) is 9.59 Å². The summed E-state index contributed by atoms with van der Waals surface area (Å²) in [6.07, 6.45) is 18.5. The van der Waals surface area contributed by atoms with Crippen molar-refractivity contribution in [3.8, 4) is 8.87 Å². The van der Waals surface area contributed by atoms with Gasteiger partial charge in [-0.15, -0.1) is 0 Å². The predicted octanol–water partition coefficient (Wildman–Crippen LogP) is 8.59. The second-order valence-corrected chi connectivity index (χ2v) is 18.6. The van der Waals surface area contributed by atoms with Crippen molar-refractivity contribution in [1.29, 1.82) is 0 Å². The van der Waals surface area contributed by atoms with E-state index >= 15 is 0 Å². The van der Waals surface area contributed by atoms with Gasteiger partial charge in [0.15, 0.2) is 0 Å². The Balaban J connectivity index is 1.31. The van der Waals surface area contributed by atoms with E-state index in [0.717, 1.165) is 48.6 Å². The third kappa shape index (κ3) is 9.65. The summed E-state index contributed by atoms with van der Waals surface area (Å²) in [7, 11) is 0. The van der Waals surface area contributed by atoms with Gasteiger partial charge < -0.3 is 0 Å². The molecule has 0 N–H and O–H groups in total. The van der Waals surface area contributed by atoms with Crippen LogP contribution in [0.4, 0.5) is 0 Å². The third-order valence-electron chi connectivity index (χ3n) is 7.26. The molecule has 0 bridgehead atoms. The van der Waals surface area contributed by atoms with E-state index in [4.69, 9.17) is 24.4 Å². The number of thioether (sulfide) groups is 2. The van der Waals surface area contributed by atoms with Gasteiger partial charge in [0.25, 0.3) is 0 Å². The van der Waals surface area contributed by atoms with Gasteiger partial charge in [0.1, 0.15) is 0 Å². The quantitative estimate of drug-likeness (QED) is 0.0696. The molecule has 4 heterocycles. The zero-order valence-electron chi connectivity index (χ0n) is 24.5. The fourth-order valence-electron chi connectivity index (χ4n) is 4.87. The first-order valence-electron chi connectivity index (χ1n) is 15.1. The van der Waals surface area contributed by atoms with E-state index in [1.807, 2.05) is 0 Å². The average molecular weight is 771 g/mol. The Morgan fingerprint density at radius 1 is 0.619 bits per heavy atom. The Morgan fingerprint density at radius 2 is 1.00 bits per heavy atom. The van der Waals surface area contributed by atoms with Crippen molar-refractivity contribution in [1.82, 2.24) is 9.80 Å². The number of thiocarbonyl (C=S) groups is 2. The van der Waals surface area contributed by atoms with E-state index in [0.29, 0.717) is 8.64 Å². The van der Waals surface area contributed by atoms with Gasteiger partial charge in [-0.1, -0.05) is 13.8 Å². The second-order valence-electron chi connectivity index (χ2n) is 10.6. The van der Waals surface area contributed by atoms with Crippen LogP contribution in [0, 0.1) is 0 Å². The SMILES string of the molecule is CCCCCCCCN1C(=O)/C(=C/c2ccc(-c3ccc(/C=C4\SC(=S)N(CCCCCCCC)C4=O)[se]3)[se]2)SC1=S. The van der Waals surface area contributed by atoms with E-state index in [-0.39, 0.29) is 40.8 Å². The van der Waals surface area contributed by atoms with Crippen molar-refractivity contribution in [3.63, 3.8) is 0 Å². The Labute approximate surface area is 282 Å². The normalized spacial score (nSPS) is 17.7. The molecular weight excluding hydrogens is 731 g/mol. The molecule has 4 rings (SSSR count). The van der Waals surface area contributed by atoms with Crippen LogP contribution < -0.4 is 0 Å². The van der Waals surface area contributed by atoms with Crippen molar-refractivity contribution in [2.24, 2.45) is 0 Å². The Hall–Kier alpha value is -0.701. The van der Waals surface area contributed by atoms with E-state index in [9.17, 15) is 9.59 Å². The summed E-state index contributed by atoms with van der Waals surface area (Å²) in [6.45, 7) is 5.90. The summed E-state index contributed by atoms with van der Waals surface area (Å²) in [5.74, 6) is 0.122. The number of carbonyl (C=O) groups excluding carboxylic acids is 2. The van der Waals surface area contributed by atoms with Crippen LogP contribution in [0.1, 0.15) is 99.8 Å². The molecule has 2 aromatic rings. The van der Waals surface area contributed by atoms with Crippen LogP contribution in [0.25, 0.3) is 21.0 Å². The topological polar surface area (TPSA) is 40.6 Å². The minimum absolute atomic E-state index is 0.0609. The van der Waals surface area contributed by atoms with Gasteiger partial charge in [-0.3, -0.25) is 0 Å². The van der Waals surface area contributed by atoms with Crippen molar-refractivity contribution >= 4 is 110 Å². The predicted molar refractivity (Wildman–Crippen MR) is 192 cm³/mol. The van der Waals surface area contributed by atoms with Gasteiger partial charge in [-0.2, -0.15) is 0 Å². The van der Waals surface area contributed by atoms with Gasteiger partial charge >= 0.3 is 271 Å². The van der Waals surface area contributed by atoms with E-state index in [1.54, 1.807) is 9.80 Å². The van der Waals surface area contributed by atoms with E-state index in [2.05, 4.69) is 50.3 Å². The molecule has 0 atom stereocenters. The summed E-state index contributed by atoms with van der Waals surface area (Å²) in [4.78, 5) is 31.2. The molecule has 2 aromatic heterocycles. The Morgan fingerprint density at radius 3 is 1.40 bits per heavy atom. The van der Waals surface area contributed by atoms with Gasteiger partial charge in [0.2, 0.25) is 0 Å². The summed E-state index contributed by atoms with van der Waals surface area (Å²) in [6, 6.07) is 8.70. The molecule has 2 saturated heterocycles. The van der Waals surface area contributed by atoms with Crippen LogP contribution in [-0.4, -0.2) is 72.4 Å². The fourth-order valence-corrected chi connectivity index (χ4v) is 12.4. The Bertz CT molecular complexity index is 1230. The molecule has 0 saturated carbocycles. The molecule has 226 valence electrons. The third-order valence-corrected chi connectivity index (χ3v) is 15.1. The molecule has 2 aliphatic heterocycles. The first kappa shape index (κ1) is 34.2. The maximum absolute atomic E-state index is 13.0. The monoisotopic (exact) mass is 772 g/mol. The number of carbonyl (C=O) groups is 2. The summed E-state index contributed by atoms with van der Waals surface area (Å²) >= 11 is 14.3. The standard InChI is InChI=1S/C32H40N2O2S4Se2/c1-3-5-7-9-11-13-19-33-29(35)25(39-31(33)37)21-23-15-17-27(41-23)28-18-16-24(42-28)22-26-30(36)34(32(38)40-26)20-14-12-10-8-6-4-2/h15-18,21-22H,3-14,19-20H2,1-2H3/b25-21-,26-22-. The van der Waals surface area contributed by atoms with Gasteiger partial charge in [0, 0.05) is 0 Å². The van der Waals surface area contributed by atoms with Gasteiger partial charge in [-0.25, -0.2) is 0 Å². The van der Waals surface area contributed by atoms with Crippen LogP contribution in [0.5, 0.6) is 0 Å². The van der Waals surface area contributed by atoms with Crippen LogP contribution in [0.2, 0.25) is 0 Å². The second kappa shape index (κ2) is 17.7. The molecule has 4 nitrogen and oxygen atoms in total. The van der Waals surface area contributed by atoms with Crippen molar-refractivity contribution < 1.29 is 9.59 Å². The molecule has 0 radical (unpaired) electrons. The number of unbranched alkanes of at least 4 members (excludes halogenated alkanes) is 10. The number of amides is 2. The van der Waals surface area contributed by atoms with Crippen LogP contribution in [0.15, 0.2) is 34.1 Å². The summed E-state index contributed by atoms with van der Waals surface area (Å²) < 4.78 is 6.49. The zero-order valence-corrected chi connectivity index (χ0v) is 31.2. The number of hydrogen-bond acceptors (Lipinski definition) is 6. The molecule has 2 aliphatic rings. The average Bonchev–Trinajstić information content (AvgIpc) is 3.74. The fraction of sp³-hybridized carbons (Fsp3) is 0.500. The molecule has 0 unspecified atom stereocenters. The summed E-state index contributed by atoms with van der Waals surface area (Å²) in [5, 5.41) is 0. The molecule has 42 heavy (non-hydrogen) atoms. The molecule has 10 heteroatoms. The number of rotatable bonds is 17. The molecule has 0 aromatic carbocycles. The van der Waals surface area contributed by atoms with Gasteiger partial charge in [0.05, 0.1) is 0 Å². The molecule has 0 spiro atoms. The molecule has 2 fully saturated rings. The first-order chi connectivity index (χ1) is 20.4. The van der Waals surface area contributed by atoms with Crippen molar-refractivity contribution in [2.75, 3.05) is 13.1 Å². The molecule has 2 amide bonds. The molecule has 0 aliphatic carbocycles. The molecular formula is C32H40N2O2S4Se2. The zero-order chi connectivity index (χ0) is 29.9.